The van der Waals surface area contributed by atoms with Gasteiger partial charge in [-0.05, 0) is 25.1 Å². The Balaban J connectivity index is 0.00000242. The maximum absolute atomic E-state index is 12.8. The maximum Gasteiger partial charge on any atom is 0.417 e. The number of hydrogen-bond donors (Lipinski definition) is 1. The molecule has 10 heteroatoms. The van der Waals surface area contributed by atoms with Gasteiger partial charge in [0.2, 0.25) is 10.0 Å². The molecule has 1 atom stereocenters. The van der Waals surface area contributed by atoms with E-state index in [2.05, 4.69) is 5.32 Å². The van der Waals surface area contributed by atoms with Crippen molar-refractivity contribution in [2.75, 3.05) is 19.6 Å². The molecular formula is C12H15Cl2F3N2O2S. The van der Waals surface area contributed by atoms with E-state index in [0.717, 1.165) is 12.1 Å². The van der Waals surface area contributed by atoms with Crippen LogP contribution in [0.3, 0.4) is 0 Å². The van der Waals surface area contributed by atoms with Crippen LogP contribution in [0.25, 0.3) is 0 Å². The van der Waals surface area contributed by atoms with Gasteiger partial charge in [-0.3, -0.25) is 0 Å². The molecule has 22 heavy (non-hydrogen) atoms. The Labute approximate surface area is 138 Å². The lowest BCUT2D eigenvalue weighted by atomic mass is 10.2. The number of sulfonamides is 1. The predicted molar refractivity (Wildman–Crippen MR) is 79.9 cm³/mol. The molecule has 1 aromatic carbocycles. The fraction of sp³-hybridized carbons (Fsp3) is 0.500. The van der Waals surface area contributed by atoms with Crippen LogP contribution in [-0.2, 0) is 16.2 Å². The predicted octanol–water partition coefficient (Wildman–Crippen LogP) is 2.76. The van der Waals surface area contributed by atoms with E-state index >= 15 is 0 Å². The Morgan fingerprint density at radius 3 is 2.55 bits per heavy atom. The summed E-state index contributed by atoms with van der Waals surface area (Å²) in [7, 11) is -3.98. The molecular weight excluding hydrogens is 364 g/mol. The third kappa shape index (κ3) is 3.86. The first-order valence-corrected chi connectivity index (χ1v) is 8.05. The fourth-order valence-electron chi connectivity index (χ4n) is 2.20. The van der Waals surface area contributed by atoms with Crippen LogP contribution >= 0.6 is 24.0 Å². The van der Waals surface area contributed by atoms with Crippen molar-refractivity contribution in [3.8, 4) is 0 Å². The van der Waals surface area contributed by atoms with Gasteiger partial charge in [0.05, 0.1) is 15.5 Å². The molecule has 0 aliphatic carbocycles. The maximum atomic E-state index is 12.8. The molecule has 0 spiro atoms. The first-order valence-electron chi connectivity index (χ1n) is 6.23. The van der Waals surface area contributed by atoms with Gasteiger partial charge in [0, 0.05) is 25.7 Å². The Bertz CT molecular complexity index is 638. The molecule has 1 aliphatic rings. The number of halogens is 5. The molecule has 1 saturated heterocycles. The monoisotopic (exact) mass is 378 g/mol. The van der Waals surface area contributed by atoms with Crippen molar-refractivity contribution < 1.29 is 21.6 Å². The van der Waals surface area contributed by atoms with Gasteiger partial charge in [0.15, 0.2) is 0 Å². The van der Waals surface area contributed by atoms with E-state index in [4.69, 9.17) is 11.6 Å². The standard InChI is InChI=1S/C12H14ClF3N2O2S.ClH/c1-8-7-17-4-5-18(8)21(19,20)9-2-3-11(13)10(6-9)12(14,15)16;/h2-3,6,8,17H,4-5,7H2,1H3;1H/t8-;/m0./s1. The highest BCUT2D eigenvalue weighted by Crippen LogP contribution is 2.36. The first-order chi connectivity index (χ1) is 9.64. The molecule has 1 aliphatic heterocycles. The third-order valence-electron chi connectivity index (χ3n) is 3.29. The number of nitrogens with one attached hydrogen (secondary N) is 1. The van der Waals surface area contributed by atoms with Gasteiger partial charge in [-0.15, -0.1) is 12.4 Å². The van der Waals surface area contributed by atoms with Crippen molar-refractivity contribution in [3.63, 3.8) is 0 Å². The lowest BCUT2D eigenvalue weighted by Crippen LogP contribution is -2.52. The average molecular weight is 379 g/mol. The third-order valence-corrected chi connectivity index (χ3v) is 5.63. The quantitative estimate of drug-likeness (QED) is 0.860. The van der Waals surface area contributed by atoms with Crippen LogP contribution in [0.2, 0.25) is 5.02 Å². The molecule has 0 saturated carbocycles. The molecule has 0 aromatic heterocycles. The minimum absolute atomic E-state index is 0. The van der Waals surface area contributed by atoms with Crippen LogP contribution in [0.15, 0.2) is 23.1 Å². The van der Waals surface area contributed by atoms with Crippen molar-refractivity contribution in [2.24, 2.45) is 0 Å². The lowest BCUT2D eigenvalue weighted by Gasteiger charge is -2.33. The summed E-state index contributed by atoms with van der Waals surface area (Å²) in [5, 5.41) is 2.51. The summed E-state index contributed by atoms with van der Waals surface area (Å²) >= 11 is 5.51. The highest BCUT2D eigenvalue weighted by molar-refractivity contribution is 7.89. The average Bonchev–Trinajstić information content (AvgIpc) is 2.37. The van der Waals surface area contributed by atoms with Gasteiger partial charge in [-0.25, -0.2) is 8.42 Å². The number of nitrogens with zero attached hydrogens (tertiary/aromatic N) is 1. The van der Waals surface area contributed by atoms with Crippen LogP contribution in [0.1, 0.15) is 12.5 Å². The van der Waals surface area contributed by atoms with Crippen LogP contribution in [0, 0.1) is 0 Å². The molecule has 1 fully saturated rings. The second kappa shape index (κ2) is 6.92. The molecule has 0 unspecified atom stereocenters. The van der Waals surface area contributed by atoms with Crippen LogP contribution in [0.4, 0.5) is 13.2 Å². The van der Waals surface area contributed by atoms with Crippen molar-refractivity contribution >= 4 is 34.0 Å². The molecule has 1 aromatic rings. The smallest absolute Gasteiger partial charge is 0.314 e. The zero-order valence-corrected chi connectivity index (χ0v) is 13.9. The SMILES string of the molecule is C[C@H]1CNCCN1S(=O)(=O)c1ccc(Cl)c(C(F)(F)F)c1.Cl. The second-order valence-corrected chi connectivity index (χ2v) is 7.11. The van der Waals surface area contributed by atoms with Crippen molar-refractivity contribution in [1.29, 1.82) is 0 Å². The summed E-state index contributed by atoms with van der Waals surface area (Å²) < 4.78 is 64.7. The summed E-state index contributed by atoms with van der Waals surface area (Å²) in [6.45, 7) is 2.83. The Hall–Kier alpha value is -0.540. The number of piperazine rings is 1. The summed E-state index contributed by atoms with van der Waals surface area (Å²) in [5.41, 5.74) is -1.15. The number of rotatable bonds is 2. The molecule has 0 bridgehead atoms. The normalized spacial score (nSPS) is 20.5. The number of benzene rings is 1. The van der Waals surface area contributed by atoms with E-state index in [1.165, 1.54) is 4.31 Å². The van der Waals surface area contributed by atoms with Crippen LogP contribution in [0.5, 0.6) is 0 Å². The molecule has 1 N–H and O–H groups in total. The van der Waals surface area contributed by atoms with E-state index in [-0.39, 0.29) is 25.0 Å². The van der Waals surface area contributed by atoms with Gasteiger partial charge >= 0.3 is 6.18 Å². The zero-order chi connectivity index (χ0) is 15.8. The number of alkyl halides is 3. The van der Waals surface area contributed by atoms with E-state index in [9.17, 15) is 21.6 Å². The van der Waals surface area contributed by atoms with E-state index in [0.29, 0.717) is 19.2 Å². The summed E-state index contributed by atoms with van der Waals surface area (Å²) in [5.74, 6) is 0. The molecule has 2 rings (SSSR count). The minimum atomic E-state index is -4.70. The first kappa shape index (κ1) is 19.5. The Kier molecular flexibility index (Phi) is 6.14. The van der Waals surface area contributed by atoms with Gasteiger partial charge in [0.1, 0.15) is 0 Å². The van der Waals surface area contributed by atoms with Gasteiger partial charge in [-0.2, -0.15) is 17.5 Å². The molecule has 126 valence electrons. The Morgan fingerprint density at radius 1 is 1.36 bits per heavy atom. The topological polar surface area (TPSA) is 49.4 Å². The van der Waals surface area contributed by atoms with Crippen molar-refractivity contribution in [2.45, 2.75) is 24.0 Å². The Morgan fingerprint density at radius 2 is 2.00 bits per heavy atom. The number of hydrogen-bond acceptors (Lipinski definition) is 3. The summed E-state index contributed by atoms with van der Waals surface area (Å²) in [6, 6.07) is 2.33. The van der Waals surface area contributed by atoms with Crippen LogP contribution in [-0.4, -0.2) is 38.4 Å². The van der Waals surface area contributed by atoms with E-state index in [1.807, 2.05) is 0 Å². The van der Waals surface area contributed by atoms with Crippen LogP contribution < -0.4 is 5.32 Å². The molecule has 1 heterocycles. The van der Waals surface area contributed by atoms with Gasteiger partial charge in [-0.1, -0.05) is 11.6 Å². The van der Waals surface area contributed by atoms with Gasteiger partial charge in [0.25, 0.3) is 0 Å². The molecule has 4 nitrogen and oxygen atoms in total. The summed E-state index contributed by atoms with van der Waals surface area (Å²) in [4.78, 5) is -0.395. The van der Waals surface area contributed by atoms with Gasteiger partial charge < -0.3 is 5.32 Å². The fourth-order valence-corrected chi connectivity index (χ4v) is 4.08. The minimum Gasteiger partial charge on any atom is -0.314 e. The summed E-state index contributed by atoms with van der Waals surface area (Å²) in [6.07, 6.45) is -4.70. The lowest BCUT2D eigenvalue weighted by molar-refractivity contribution is -0.137. The zero-order valence-electron chi connectivity index (χ0n) is 11.5. The largest absolute Gasteiger partial charge is 0.417 e. The highest BCUT2D eigenvalue weighted by Gasteiger charge is 2.36. The molecule has 0 amide bonds. The van der Waals surface area contributed by atoms with Crippen molar-refractivity contribution in [1.82, 2.24) is 9.62 Å². The highest BCUT2D eigenvalue weighted by atomic mass is 35.5. The second-order valence-electron chi connectivity index (χ2n) is 4.81. The van der Waals surface area contributed by atoms with E-state index in [1.54, 1.807) is 6.92 Å². The van der Waals surface area contributed by atoms with E-state index < -0.39 is 31.7 Å². The molecule has 0 radical (unpaired) electrons. The van der Waals surface area contributed by atoms with Crippen molar-refractivity contribution in [3.05, 3.63) is 28.8 Å².